The minimum atomic E-state index is -0.773. The van der Waals surface area contributed by atoms with E-state index >= 15 is 0 Å². The quantitative estimate of drug-likeness (QED) is 0.303. The Balaban J connectivity index is 1.55. The second-order valence-electron chi connectivity index (χ2n) is 7.14. The molecule has 1 unspecified atom stereocenters. The smallest absolute Gasteiger partial charge is 0.407 e. The van der Waals surface area contributed by atoms with Crippen LogP contribution < -0.4 is 20.7 Å². The number of nitrogens with zero attached hydrogens (tertiary/aromatic N) is 1. The standard InChI is InChI=1S/C23H26N4O7/c1-32-20-10-17(5-6-19(20)21-12-24-14-33-21)27-22(30)26-16-4-2-3-15(9-16)11-25-23(31)34-18(13-29)7-8-28/h2-6,9-10,12,14,18,28-29H,7-8,11,13H2,1H3,(H,25,31)(H2,26,27,30). The van der Waals surface area contributed by atoms with E-state index in [4.69, 9.17) is 24.1 Å². The molecule has 0 aliphatic carbocycles. The molecule has 0 aliphatic rings. The van der Waals surface area contributed by atoms with Crippen molar-refractivity contribution in [3.63, 3.8) is 0 Å². The van der Waals surface area contributed by atoms with Gasteiger partial charge in [-0.05, 0) is 29.8 Å². The van der Waals surface area contributed by atoms with Crippen molar-refractivity contribution in [3.8, 4) is 17.1 Å². The van der Waals surface area contributed by atoms with Gasteiger partial charge in [-0.2, -0.15) is 0 Å². The highest BCUT2D eigenvalue weighted by atomic mass is 16.6. The van der Waals surface area contributed by atoms with Gasteiger partial charge in [0.1, 0.15) is 11.9 Å². The fourth-order valence-electron chi connectivity index (χ4n) is 3.07. The first-order valence-corrected chi connectivity index (χ1v) is 10.4. The topological polar surface area (TPSA) is 155 Å². The summed E-state index contributed by atoms with van der Waals surface area (Å²) in [6.07, 6.45) is 1.55. The summed E-state index contributed by atoms with van der Waals surface area (Å²) in [4.78, 5) is 28.2. The molecule has 0 fully saturated rings. The van der Waals surface area contributed by atoms with Crippen LogP contribution in [0.2, 0.25) is 0 Å². The number of urea groups is 1. The first-order chi connectivity index (χ1) is 16.5. The van der Waals surface area contributed by atoms with E-state index in [1.807, 2.05) is 0 Å². The Morgan fingerprint density at radius 1 is 1.12 bits per heavy atom. The van der Waals surface area contributed by atoms with Gasteiger partial charge in [-0.25, -0.2) is 14.6 Å². The lowest BCUT2D eigenvalue weighted by atomic mass is 10.1. The van der Waals surface area contributed by atoms with Gasteiger partial charge in [0.15, 0.2) is 12.2 Å². The molecule has 0 aliphatic heterocycles. The molecule has 0 saturated heterocycles. The van der Waals surface area contributed by atoms with Gasteiger partial charge >= 0.3 is 12.1 Å². The maximum Gasteiger partial charge on any atom is 0.407 e. The molecule has 11 nitrogen and oxygen atoms in total. The summed E-state index contributed by atoms with van der Waals surface area (Å²) in [5.41, 5.74) is 2.45. The first-order valence-electron chi connectivity index (χ1n) is 10.4. The molecule has 34 heavy (non-hydrogen) atoms. The number of aliphatic hydroxyl groups excluding tert-OH is 2. The zero-order valence-electron chi connectivity index (χ0n) is 18.5. The number of aliphatic hydroxyl groups is 2. The number of nitrogens with one attached hydrogen (secondary N) is 3. The highest BCUT2D eigenvalue weighted by Crippen LogP contribution is 2.32. The number of alkyl carbamates (subject to hydrolysis) is 1. The van der Waals surface area contributed by atoms with E-state index in [1.165, 1.54) is 13.5 Å². The van der Waals surface area contributed by atoms with Crippen LogP contribution in [0, 0.1) is 0 Å². The van der Waals surface area contributed by atoms with Crippen LogP contribution in [0.15, 0.2) is 59.5 Å². The average molecular weight is 470 g/mol. The Hall–Kier alpha value is -4.09. The molecule has 1 aromatic heterocycles. The molecule has 5 N–H and O–H groups in total. The third kappa shape index (κ3) is 6.95. The van der Waals surface area contributed by atoms with Gasteiger partial charge in [0, 0.05) is 37.0 Å². The van der Waals surface area contributed by atoms with Crippen molar-refractivity contribution in [3.05, 3.63) is 60.6 Å². The molecule has 0 bridgehead atoms. The molecule has 1 heterocycles. The Bertz CT molecular complexity index is 1090. The minimum Gasteiger partial charge on any atom is -0.496 e. The third-order valence-electron chi connectivity index (χ3n) is 4.71. The molecule has 1 atom stereocenters. The molecular weight excluding hydrogens is 444 g/mol. The molecule has 2 aromatic carbocycles. The molecule has 3 amide bonds. The predicted octanol–water partition coefficient (Wildman–Crippen LogP) is 2.96. The Morgan fingerprint density at radius 2 is 1.91 bits per heavy atom. The number of benzene rings is 2. The van der Waals surface area contributed by atoms with Gasteiger partial charge in [-0.1, -0.05) is 12.1 Å². The number of oxazole rings is 1. The molecule has 11 heteroatoms. The van der Waals surface area contributed by atoms with Crippen molar-refractivity contribution >= 4 is 23.5 Å². The highest BCUT2D eigenvalue weighted by molar-refractivity contribution is 6.00. The highest BCUT2D eigenvalue weighted by Gasteiger charge is 2.13. The SMILES string of the molecule is COc1cc(NC(=O)Nc2cccc(CNC(=O)OC(CO)CCO)c2)ccc1-c1cnco1. The molecule has 3 aromatic rings. The number of hydrogen-bond acceptors (Lipinski definition) is 8. The van der Waals surface area contributed by atoms with Crippen molar-refractivity contribution in [2.24, 2.45) is 0 Å². The van der Waals surface area contributed by atoms with Crippen LogP contribution in [-0.4, -0.2) is 53.7 Å². The Labute approximate surface area is 195 Å². The van der Waals surface area contributed by atoms with Crippen molar-refractivity contribution in [2.75, 3.05) is 31.0 Å². The van der Waals surface area contributed by atoms with Crippen LogP contribution in [0.3, 0.4) is 0 Å². The Kier molecular flexibility index (Phi) is 8.83. The number of rotatable bonds is 10. The molecule has 180 valence electrons. The zero-order valence-corrected chi connectivity index (χ0v) is 18.5. The lowest BCUT2D eigenvalue weighted by Gasteiger charge is -2.15. The summed E-state index contributed by atoms with van der Waals surface area (Å²) in [5, 5.41) is 26.0. The maximum absolute atomic E-state index is 12.5. The number of methoxy groups -OCH3 is 1. The zero-order chi connectivity index (χ0) is 24.3. The fourth-order valence-corrected chi connectivity index (χ4v) is 3.07. The second kappa shape index (κ2) is 12.2. The van der Waals surface area contributed by atoms with E-state index in [2.05, 4.69) is 20.9 Å². The van der Waals surface area contributed by atoms with Gasteiger partial charge in [0.05, 0.1) is 25.5 Å². The van der Waals surface area contributed by atoms with Crippen LogP contribution in [0.5, 0.6) is 5.75 Å². The summed E-state index contributed by atoms with van der Waals surface area (Å²) in [7, 11) is 1.52. The van der Waals surface area contributed by atoms with E-state index in [0.717, 1.165) is 5.56 Å². The minimum absolute atomic E-state index is 0.146. The largest absolute Gasteiger partial charge is 0.496 e. The van der Waals surface area contributed by atoms with Crippen LogP contribution in [0.4, 0.5) is 21.0 Å². The maximum atomic E-state index is 12.5. The lowest BCUT2D eigenvalue weighted by molar-refractivity contribution is 0.0424. The monoisotopic (exact) mass is 470 g/mol. The van der Waals surface area contributed by atoms with Crippen molar-refractivity contribution in [1.82, 2.24) is 10.3 Å². The van der Waals surface area contributed by atoms with Crippen molar-refractivity contribution < 1.29 is 33.7 Å². The molecule has 0 radical (unpaired) electrons. The second-order valence-corrected chi connectivity index (χ2v) is 7.14. The van der Waals surface area contributed by atoms with Crippen LogP contribution in [-0.2, 0) is 11.3 Å². The number of carbonyl (C=O) groups is 2. The van der Waals surface area contributed by atoms with E-state index in [9.17, 15) is 9.59 Å². The number of amides is 3. The van der Waals surface area contributed by atoms with Crippen LogP contribution in [0.25, 0.3) is 11.3 Å². The van der Waals surface area contributed by atoms with Gasteiger partial charge in [0.25, 0.3) is 0 Å². The Morgan fingerprint density at radius 3 is 2.59 bits per heavy atom. The third-order valence-corrected chi connectivity index (χ3v) is 4.71. The van der Waals surface area contributed by atoms with Crippen molar-refractivity contribution in [1.29, 1.82) is 0 Å². The number of hydrogen-bond donors (Lipinski definition) is 5. The summed E-state index contributed by atoms with van der Waals surface area (Å²) in [6.45, 7) is -0.433. The first kappa shape index (κ1) is 24.6. The van der Waals surface area contributed by atoms with Crippen LogP contribution in [0.1, 0.15) is 12.0 Å². The van der Waals surface area contributed by atoms with Gasteiger partial charge in [0.2, 0.25) is 0 Å². The van der Waals surface area contributed by atoms with Crippen molar-refractivity contribution in [2.45, 2.75) is 19.1 Å². The van der Waals surface area contributed by atoms with E-state index in [-0.39, 0.29) is 26.2 Å². The van der Waals surface area contributed by atoms with Gasteiger partial charge in [-0.3, -0.25) is 0 Å². The number of ether oxygens (including phenoxy) is 2. The van der Waals surface area contributed by atoms with Crippen LogP contribution >= 0.6 is 0 Å². The van der Waals surface area contributed by atoms with E-state index in [0.29, 0.717) is 28.4 Å². The number of carbonyl (C=O) groups excluding carboxylic acids is 2. The lowest BCUT2D eigenvalue weighted by Crippen LogP contribution is -2.31. The molecule has 0 saturated carbocycles. The molecular formula is C23H26N4O7. The van der Waals surface area contributed by atoms with Gasteiger partial charge in [-0.15, -0.1) is 0 Å². The fraction of sp³-hybridized carbons (Fsp3) is 0.261. The summed E-state index contributed by atoms with van der Waals surface area (Å²) >= 11 is 0. The normalized spacial score (nSPS) is 11.4. The molecule has 3 rings (SSSR count). The number of anilines is 2. The molecule has 0 spiro atoms. The number of aromatic nitrogens is 1. The van der Waals surface area contributed by atoms with E-state index in [1.54, 1.807) is 48.7 Å². The van der Waals surface area contributed by atoms with E-state index < -0.39 is 18.2 Å². The average Bonchev–Trinajstić information content (AvgIpc) is 3.37. The summed E-state index contributed by atoms with van der Waals surface area (Å²) in [6, 6.07) is 11.6. The predicted molar refractivity (Wildman–Crippen MR) is 123 cm³/mol. The van der Waals surface area contributed by atoms with Gasteiger partial charge < -0.3 is 40.1 Å². The summed E-state index contributed by atoms with van der Waals surface area (Å²) < 4.78 is 15.7. The summed E-state index contributed by atoms with van der Waals surface area (Å²) in [5.74, 6) is 1.05.